The molecule has 0 atom stereocenters. The summed E-state index contributed by atoms with van der Waals surface area (Å²) < 4.78 is 80.9. The van der Waals surface area contributed by atoms with Crippen molar-refractivity contribution in [2.75, 3.05) is 25.0 Å². The van der Waals surface area contributed by atoms with Gasteiger partial charge >= 0.3 is 6.18 Å². The number of fused-ring (bicyclic) bond motifs is 1. The molecule has 1 amide bonds. The highest BCUT2D eigenvalue weighted by molar-refractivity contribution is 6.07. The number of carbonyl (C=O) groups is 1. The maximum absolute atomic E-state index is 14.9. The summed E-state index contributed by atoms with van der Waals surface area (Å²) in [6.07, 6.45) is -0.781. The Hall–Kier alpha value is -3.87. The monoisotopic (exact) mass is 522 g/mol. The van der Waals surface area contributed by atoms with E-state index < -0.39 is 36.1 Å². The van der Waals surface area contributed by atoms with Crippen molar-refractivity contribution in [3.05, 3.63) is 71.4 Å². The van der Waals surface area contributed by atoms with Gasteiger partial charge in [0.1, 0.15) is 5.82 Å². The van der Waals surface area contributed by atoms with Crippen LogP contribution in [-0.2, 0) is 0 Å². The second-order valence-electron chi connectivity index (χ2n) is 8.89. The van der Waals surface area contributed by atoms with Crippen molar-refractivity contribution in [1.82, 2.24) is 24.9 Å². The number of carbonyl (C=O) groups excluding carboxylic acids is 1. The van der Waals surface area contributed by atoms with Gasteiger partial charge in [-0.15, -0.1) is 5.10 Å². The summed E-state index contributed by atoms with van der Waals surface area (Å²) in [5, 5.41) is 10.5. The minimum absolute atomic E-state index is 0.0987. The van der Waals surface area contributed by atoms with Gasteiger partial charge in [0.2, 0.25) is 0 Å². The van der Waals surface area contributed by atoms with Crippen molar-refractivity contribution in [3.63, 3.8) is 0 Å². The average molecular weight is 522 g/mol. The molecule has 4 aromatic rings. The quantitative estimate of drug-likeness (QED) is 0.355. The van der Waals surface area contributed by atoms with Crippen molar-refractivity contribution in [2.45, 2.75) is 24.9 Å². The Bertz CT molecular complexity index is 1450. The van der Waals surface area contributed by atoms with Gasteiger partial charge in [0.15, 0.2) is 17.3 Å². The number of likely N-dealkylation sites (tertiary alicyclic amines) is 1. The van der Waals surface area contributed by atoms with Crippen LogP contribution in [0, 0.1) is 17.5 Å². The Labute approximate surface area is 206 Å². The fraction of sp³-hybridized carbons (Fsp3) is 0.292. The molecule has 37 heavy (non-hydrogen) atoms. The third-order valence-corrected chi connectivity index (χ3v) is 6.38. The van der Waals surface area contributed by atoms with E-state index in [4.69, 9.17) is 0 Å². The van der Waals surface area contributed by atoms with E-state index in [1.807, 2.05) is 0 Å². The lowest BCUT2D eigenvalue weighted by molar-refractivity contribution is -0.147. The summed E-state index contributed by atoms with van der Waals surface area (Å²) >= 11 is 0. The molecule has 0 bridgehead atoms. The Morgan fingerprint density at radius 2 is 1.78 bits per heavy atom. The summed E-state index contributed by atoms with van der Waals surface area (Å²) in [5.41, 5.74) is 1.12. The molecule has 5 rings (SSSR count). The molecule has 2 aromatic carbocycles. The van der Waals surface area contributed by atoms with Crippen LogP contribution in [0.2, 0.25) is 0 Å². The molecule has 0 unspecified atom stereocenters. The molecule has 13 heteroatoms. The molecule has 3 heterocycles. The number of anilines is 1. The lowest BCUT2D eigenvalue weighted by atomic mass is 9.89. The van der Waals surface area contributed by atoms with Gasteiger partial charge in [0.05, 0.1) is 29.6 Å². The summed E-state index contributed by atoms with van der Waals surface area (Å²) in [7, 11) is 0. The van der Waals surface area contributed by atoms with Gasteiger partial charge in [0, 0.05) is 17.6 Å². The number of halogens is 6. The summed E-state index contributed by atoms with van der Waals surface area (Å²) in [6.45, 7) is -0.519. The zero-order valence-electron chi connectivity index (χ0n) is 19.1. The number of alkyl halides is 3. The Morgan fingerprint density at radius 1 is 1.05 bits per heavy atom. The molecular weight excluding hydrogens is 502 g/mol. The Kier molecular flexibility index (Phi) is 6.40. The van der Waals surface area contributed by atoms with Gasteiger partial charge in [0.25, 0.3) is 5.91 Å². The van der Waals surface area contributed by atoms with Crippen molar-refractivity contribution in [3.8, 4) is 5.69 Å². The molecule has 0 spiro atoms. The predicted octanol–water partition coefficient (Wildman–Crippen LogP) is 5.16. The van der Waals surface area contributed by atoms with Crippen LogP contribution in [0.1, 0.15) is 34.8 Å². The fourth-order valence-corrected chi connectivity index (χ4v) is 4.55. The Morgan fingerprint density at radius 3 is 2.49 bits per heavy atom. The van der Waals surface area contributed by atoms with Crippen LogP contribution in [0.15, 0.2) is 42.7 Å². The zero-order valence-corrected chi connectivity index (χ0v) is 19.1. The average Bonchev–Trinajstić information content (AvgIpc) is 3.47. The second-order valence-corrected chi connectivity index (χ2v) is 8.89. The molecule has 0 saturated carbocycles. The number of hydrogen-bond acceptors (Lipinski definition) is 4. The molecule has 2 aromatic heterocycles. The lowest BCUT2D eigenvalue weighted by Crippen LogP contribution is -2.39. The molecular formula is C24H20F6N6O. The molecule has 1 aliphatic heterocycles. The van der Waals surface area contributed by atoms with E-state index in [2.05, 4.69) is 20.6 Å². The van der Waals surface area contributed by atoms with Gasteiger partial charge in [-0.05, 0) is 55.6 Å². The third-order valence-electron chi connectivity index (χ3n) is 6.38. The van der Waals surface area contributed by atoms with E-state index in [-0.39, 0.29) is 35.8 Å². The maximum atomic E-state index is 14.9. The topological polar surface area (TPSA) is 78.8 Å². The first-order valence-electron chi connectivity index (χ1n) is 11.4. The van der Waals surface area contributed by atoms with Gasteiger partial charge in [-0.2, -0.15) is 13.2 Å². The molecule has 2 N–H and O–H groups in total. The second kappa shape index (κ2) is 9.54. The zero-order chi connectivity index (χ0) is 26.3. The Balaban J connectivity index is 1.26. The van der Waals surface area contributed by atoms with Crippen molar-refractivity contribution < 1.29 is 31.1 Å². The number of aromatic amines is 1. The lowest BCUT2D eigenvalue weighted by Gasteiger charge is -2.32. The number of nitrogens with zero attached hydrogens (tertiary/aromatic N) is 4. The van der Waals surface area contributed by atoms with E-state index in [1.54, 1.807) is 12.1 Å². The summed E-state index contributed by atoms with van der Waals surface area (Å²) in [5.74, 6) is -3.49. The minimum atomic E-state index is -4.26. The van der Waals surface area contributed by atoms with E-state index in [1.165, 1.54) is 28.0 Å². The number of piperidine rings is 1. The summed E-state index contributed by atoms with van der Waals surface area (Å²) in [4.78, 5) is 16.7. The first-order chi connectivity index (χ1) is 17.6. The van der Waals surface area contributed by atoms with Crippen LogP contribution in [0.5, 0.6) is 0 Å². The van der Waals surface area contributed by atoms with E-state index >= 15 is 0 Å². The van der Waals surface area contributed by atoms with Crippen LogP contribution in [0.3, 0.4) is 0 Å². The highest BCUT2D eigenvalue weighted by Gasteiger charge is 2.33. The number of nitrogens with one attached hydrogen (secondary N) is 2. The summed E-state index contributed by atoms with van der Waals surface area (Å²) in [6, 6.07) is 6.31. The molecule has 1 saturated heterocycles. The van der Waals surface area contributed by atoms with Crippen LogP contribution >= 0.6 is 0 Å². The highest BCUT2D eigenvalue weighted by atomic mass is 19.4. The van der Waals surface area contributed by atoms with Crippen LogP contribution in [-0.4, -0.2) is 56.6 Å². The van der Waals surface area contributed by atoms with Crippen molar-refractivity contribution >= 4 is 22.5 Å². The number of aromatic nitrogens is 4. The van der Waals surface area contributed by atoms with E-state index in [0.717, 1.165) is 12.1 Å². The predicted molar refractivity (Wildman–Crippen MR) is 122 cm³/mol. The highest BCUT2D eigenvalue weighted by Crippen LogP contribution is 2.32. The van der Waals surface area contributed by atoms with Gasteiger partial charge < -0.3 is 10.3 Å². The van der Waals surface area contributed by atoms with E-state index in [0.29, 0.717) is 29.6 Å². The molecule has 1 fully saturated rings. The molecule has 1 aliphatic rings. The van der Waals surface area contributed by atoms with Crippen molar-refractivity contribution in [1.29, 1.82) is 0 Å². The minimum Gasteiger partial charge on any atom is -0.359 e. The SMILES string of the molecule is O=C(Nc1c[nH]c2cc(F)c(F)cc12)c1cn(-c2ccc(C3CCN(CC(F)(F)F)CC3)c(F)c2)nn1. The first-order valence-corrected chi connectivity index (χ1v) is 11.4. The van der Waals surface area contributed by atoms with Crippen molar-refractivity contribution in [2.24, 2.45) is 0 Å². The molecule has 194 valence electrons. The number of hydrogen-bond donors (Lipinski definition) is 2. The van der Waals surface area contributed by atoms with Gasteiger partial charge in [-0.1, -0.05) is 11.3 Å². The normalized spacial score (nSPS) is 15.4. The third kappa shape index (κ3) is 5.31. The number of amides is 1. The fourth-order valence-electron chi connectivity index (χ4n) is 4.55. The van der Waals surface area contributed by atoms with Gasteiger partial charge in [-0.3, -0.25) is 9.69 Å². The standard InChI is InChI=1S/C24H20F6N6O/c25-17-7-14(1-2-15(17)13-3-5-35(6-4-13)12-24(28,29)30)36-11-22(33-34-36)23(37)32-21-10-31-20-9-19(27)18(26)8-16(20)21/h1-2,7-11,13,31H,3-6,12H2,(H,32,37). The molecule has 0 aliphatic carbocycles. The largest absolute Gasteiger partial charge is 0.401 e. The van der Waals surface area contributed by atoms with Gasteiger partial charge in [-0.25, -0.2) is 17.9 Å². The molecule has 0 radical (unpaired) electrons. The first kappa shape index (κ1) is 24.8. The van der Waals surface area contributed by atoms with Crippen LogP contribution in [0.4, 0.5) is 32.0 Å². The number of rotatable bonds is 5. The van der Waals surface area contributed by atoms with Crippen LogP contribution in [0.25, 0.3) is 16.6 Å². The van der Waals surface area contributed by atoms with Crippen LogP contribution < -0.4 is 5.32 Å². The smallest absolute Gasteiger partial charge is 0.359 e. The number of benzene rings is 2. The maximum Gasteiger partial charge on any atom is 0.401 e. The molecule has 7 nitrogen and oxygen atoms in total. The van der Waals surface area contributed by atoms with E-state index in [9.17, 15) is 31.1 Å². The number of H-pyrrole nitrogens is 1.